The largest absolute Gasteiger partial charge is 0.342 e. The molecule has 6 heteroatoms. The Morgan fingerprint density at radius 2 is 2.07 bits per heavy atom. The summed E-state index contributed by atoms with van der Waals surface area (Å²) in [6.07, 6.45) is 5.85. The molecule has 0 spiro atoms. The van der Waals surface area contributed by atoms with Gasteiger partial charge in [0.05, 0.1) is 6.04 Å². The standard InChI is InChI=1S/C22H28N4O2/c1-24(2)15-20-18-11-17(19-6-3-7-22(28)26(19)20)13-25(14-18)21(27)9-8-16-5-4-10-23-12-16/h3-7,10,12,17-18,20H,8-9,11,13-15H2,1-2H3/t17-,18+,20+/m1/s1. The van der Waals surface area contributed by atoms with E-state index in [1.807, 2.05) is 48.0 Å². The Hall–Kier alpha value is -2.47. The third kappa shape index (κ3) is 3.74. The number of piperidine rings is 1. The van der Waals surface area contributed by atoms with Crippen molar-refractivity contribution in [1.29, 1.82) is 0 Å². The minimum absolute atomic E-state index is 0.0791. The Morgan fingerprint density at radius 1 is 1.21 bits per heavy atom. The summed E-state index contributed by atoms with van der Waals surface area (Å²) in [6.45, 7) is 2.26. The van der Waals surface area contributed by atoms with Crippen LogP contribution >= 0.6 is 0 Å². The number of carbonyl (C=O) groups excluding carboxylic acids is 1. The molecule has 4 heterocycles. The molecule has 2 aromatic heterocycles. The van der Waals surface area contributed by atoms with Gasteiger partial charge in [-0.15, -0.1) is 0 Å². The van der Waals surface area contributed by atoms with Gasteiger partial charge in [0, 0.05) is 56.1 Å². The van der Waals surface area contributed by atoms with Gasteiger partial charge in [0.25, 0.3) is 5.56 Å². The zero-order valence-electron chi connectivity index (χ0n) is 16.6. The molecule has 2 aliphatic rings. The lowest BCUT2D eigenvalue weighted by atomic mass is 9.78. The number of aryl methyl sites for hydroxylation is 1. The van der Waals surface area contributed by atoms with Gasteiger partial charge in [0.15, 0.2) is 0 Å². The zero-order valence-corrected chi connectivity index (χ0v) is 16.6. The van der Waals surface area contributed by atoms with E-state index < -0.39 is 0 Å². The maximum atomic E-state index is 12.9. The highest BCUT2D eigenvalue weighted by molar-refractivity contribution is 5.76. The van der Waals surface area contributed by atoms with E-state index in [1.165, 1.54) is 0 Å². The van der Waals surface area contributed by atoms with Gasteiger partial charge in [-0.2, -0.15) is 0 Å². The summed E-state index contributed by atoms with van der Waals surface area (Å²) in [5.41, 5.74) is 2.26. The van der Waals surface area contributed by atoms with Gasteiger partial charge in [0.1, 0.15) is 0 Å². The van der Waals surface area contributed by atoms with E-state index in [0.717, 1.165) is 37.2 Å². The Balaban J connectivity index is 1.54. The Bertz CT molecular complexity index is 893. The molecule has 0 unspecified atom stereocenters. The van der Waals surface area contributed by atoms with E-state index >= 15 is 0 Å². The Morgan fingerprint density at radius 3 is 2.82 bits per heavy atom. The van der Waals surface area contributed by atoms with Gasteiger partial charge in [-0.3, -0.25) is 14.6 Å². The first-order valence-corrected chi connectivity index (χ1v) is 10.1. The normalized spacial score (nSPS) is 23.5. The van der Waals surface area contributed by atoms with Crippen molar-refractivity contribution in [3.63, 3.8) is 0 Å². The third-order valence-electron chi connectivity index (χ3n) is 6.05. The van der Waals surface area contributed by atoms with Gasteiger partial charge >= 0.3 is 0 Å². The van der Waals surface area contributed by atoms with Crippen molar-refractivity contribution >= 4 is 5.91 Å². The molecule has 0 saturated carbocycles. The first kappa shape index (κ1) is 18.9. The van der Waals surface area contributed by atoms with Crippen LogP contribution in [0.15, 0.2) is 47.5 Å². The number of amides is 1. The fraction of sp³-hybridized carbons (Fsp3) is 0.500. The monoisotopic (exact) mass is 380 g/mol. The van der Waals surface area contributed by atoms with Crippen LogP contribution < -0.4 is 5.56 Å². The summed E-state index contributed by atoms with van der Waals surface area (Å²) in [5.74, 6) is 0.762. The molecule has 0 radical (unpaired) electrons. The number of fused-ring (bicyclic) bond motifs is 4. The minimum atomic E-state index is 0.0791. The lowest BCUT2D eigenvalue weighted by molar-refractivity contribution is -0.134. The highest BCUT2D eigenvalue weighted by Gasteiger charge is 2.41. The number of nitrogens with zero attached hydrogens (tertiary/aromatic N) is 4. The highest BCUT2D eigenvalue weighted by Crippen LogP contribution is 2.41. The van der Waals surface area contributed by atoms with E-state index in [-0.39, 0.29) is 23.4 Å². The van der Waals surface area contributed by atoms with Crippen molar-refractivity contribution in [2.45, 2.75) is 31.2 Å². The van der Waals surface area contributed by atoms with E-state index in [9.17, 15) is 9.59 Å². The molecule has 4 rings (SSSR count). The number of hydrogen-bond acceptors (Lipinski definition) is 4. The first-order valence-electron chi connectivity index (χ1n) is 10.1. The van der Waals surface area contributed by atoms with Crippen molar-refractivity contribution in [2.75, 3.05) is 33.7 Å². The van der Waals surface area contributed by atoms with E-state index in [1.54, 1.807) is 12.3 Å². The van der Waals surface area contributed by atoms with Crippen LogP contribution in [0.4, 0.5) is 0 Å². The number of pyridine rings is 2. The number of rotatable bonds is 5. The van der Waals surface area contributed by atoms with Gasteiger partial charge in [-0.25, -0.2) is 0 Å². The summed E-state index contributed by atoms with van der Waals surface area (Å²) in [5, 5.41) is 0. The molecule has 0 aliphatic carbocycles. The third-order valence-corrected chi connectivity index (χ3v) is 6.05. The van der Waals surface area contributed by atoms with Crippen LogP contribution in [0.25, 0.3) is 0 Å². The van der Waals surface area contributed by atoms with Crippen molar-refractivity contribution in [3.05, 3.63) is 64.3 Å². The van der Waals surface area contributed by atoms with Gasteiger partial charge < -0.3 is 14.4 Å². The average Bonchev–Trinajstić information content (AvgIpc) is 2.70. The summed E-state index contributed by atoms with van der Waals surface area (Å²) >= 11 is 0. The zero-order chi connectivity index (χ0) is 19.7. The maximum absolute atomic E-state index is 12.9. The lowest BCUT2D eigenvalue weighted by Crippen LogP contribution is -2.52. The average molecular weight is 380 g/mol. The fourth-order valence-electron chi connectivity index (χ4n) is 4.81. The van der Waals surface area contributed by atoms with E-state index in [4.69, 9.17) is 0 Å². The van der Waals surface area contributed by atoms with Crippen LogP contribution in [0.1, 0.15) is 36.1 Å². The molecule has 0 aromatic carbocycles. The number of hydrogen-bond donors (Lipinski definition) is 0. The van der Waals surface area contributed by atoms with Gasteiger partial charge in [-0.1, -0.05) is 12.1 Å². The molecule has 1 fully saturated rings. The lowest BCUT2D eigenvalue weighted by Gasteiger charge is -2.47. The first-order chi connectivity index (χ1) is 13.5. The van der Waals surface area contributed by atoms with E-state index in [0.29, 0.717) is 18.9 Å². The van der Waals surface area contributed by atoms with Crippen molar-refractivity contribution in [2.24, 2.45) is 5.92 Å². The number of likely N-dealkylation sites (N-methyl/N-ethyl adjacent to an activating group) is 1. The molecule has 0 N–H and O–H groups in total. The van der Waals surface area contributed by atoms with Crippen molar-refractivity contribution in [3.8, 4) is 0 Å². The van der Waals surface area contributed by atoms with Crippen molar-refractivity contribution in [1.82, 2.24) is 19.4 Å². The highest BCUT2D eigenvalue weighted by atomic mass is 16.2. The molecule has 148 valence electrons. The molecule has 2 bridgehead atoms. The summed E-state index contributed by atoms with van der Waals surface area (Å²) < 4.78 is 2.00. The van der Waals surface area contributed by atoms with Crippen LogP contribution in [0.5, 0.6) is 0 Å². The van der Waals surface area contributed by atoms with Crippen LogP contribution in [-0.4, -0.2) is 59.0 Å². The van der Waals surface area contributed by atoms with Crippen LogP contribution in [0.2, 0.25) is 0 Å². The number of carbonyl (C=O) groups is 1. The fourth-order valence-corrected chi connectivity index (χ4v) is 4.81. The Labute approximate surface area is 165 Å². The maximum Gasteiger partial charge on any atom is 0.251 e. The van der Waals surface area contributed by atoms with Crippen molar-refractivity contribution < 1.29 is 4.79 Å². The predicted octanol–water partition coefficient (Wildman–Crippen LogP) is 1.92. The Kier molecular flexibility index (Phi) is 5.31. The minimum Gasteiger partial charge on any atom is -0.342 e. The van der Waals surface area contributed by atoms with Crippen LogP contribution in [0, 0.1) is 5.92 Å². The number of aromatic nitrogens is 2. The van der Waals surface area contributed by atoms with Gasteiger partial charge in [0.2, 0.25) is 5.91 Å². The summed E-state index contributed by atoms with van der Waals surface area (Å²) in [4.78, 5) is 33.8. The predicted molar refractivity (Wildman–Crippen MR) is 108 cm³/mol. The molecule has 28 heavy (non-hydrogen) atoms. The topological polar surface area (TPSA) is 58.4 Å². The molecule has 3 atom stereocenters. The second kappa shape index (κ2) is 7.87. The molecule has 2 aromatic rings. The molecule has 1 saturated heterocycles. The summed E-state index contributed by atoms with van der Waals surface area (Å²) in [7, 11) is 4.08. The molecule has 1 amide bonds. The summed E-state index contributed by atoms with van der Waals surface area (Å²) in [6, 6.07) is 9.61. The quantitative estimate of drug-likeness (QED) is 0.795. The second-order valence-electron chi connectivity index (χ2n) is 8.34. The molecular formula is C22H28N4O2. The van der Waals surface area contributed by atoms with E-state index in [2.05, 4.69) is 16.0 Å². The number of likely N-dealkylation sites (tertiary alicyclic amines) is 1. The smallest absolute Gasteiger partial charge is 0.251 e. The second-order valence-corrected chi connectivity index (χ2v) is 8.34. The molecular weight excluding hydrogens is 352 g/mol. The van der Waals surface area contributed by atoms with Crippen LogP contribution in [0.3, 0.4) is 0 Å². The van der Waals surface area contributed by atoms with Crippen LogP contribution in [-0.2, 0) is 11.2 Å². The SMILES string of the molecule is CN(C)C[C@H]1[C@H]2C[C@H](CN(C(=O)CCc3cccnc3)C2)c2cccc(=O)n21. The molecule has 6 nitrogen and oxygen atoms in total. The molecule has 2 aliphatic heterocycles. The van der Waals surface area contributed by atoms with Gasteiger partial charge in [-0.05, 0) is 50.6 Å².